The van der Waals surface area contributed by atoms with E-state index in [0.29, 0.717) is 10.0 Å². The molecule has 0 spiro atoms. The minimum absolute atomic E-state index is 0.0109. The van der Waals surface area contributed by atoms with Crippen LogP contribution in [-0.4, -0.2) is 23.8 Å². The smallest absolute Gasteiger partial charge is 0.0763 e. The highest BCUT2D eigenvalue weighted by molar-refractivity contribution is 6.36. The molecule has 0 aromatic heterocycles. The van der Waals surface area contributed by atoms with Crippen molar-refractivity contribution in [2.45, 2.75) is 49.8 Å². The van der Waals surface area contributed by atoms with Crippen molar-refractivity contribution in [1.82, 2.24) is 5.32 Å². The third kappa shape index (κ3) is 3.59. The number of aliphatic hydroxyl groups is 1. The number of hydrogen-bond donors (Lipinski definition) is 3. The summed E-state index contributed by atoms with van der Waals surface area (Å²) in [6.45, 7) is 0.970. The van der Waals surface area contributed by atoms with Gasteiger partial charge in [0.1, 0.15) is 0 Å². The van der Waals surface area contributed by atoms with Gasteiger partial charge in [0, 0.05) is 17.0 Å². The van der Waals surface area contributed by atoms with Crippen molar-refractivity contribution in [2.24, 2.45) is 0 Å². The van der Waals surface area contributed by atoms with Gasteiger partial charge in [0.2, 0.25) is 0 Å². The third-order valence-corrected chi connectivity index (χ3v) is 6.18. The minimum Gasteiger partial charge on any atom is -0.391 e. The molecule has 4 rings (SSSR count). The summed E-state index contributed by atoms with van der Waals surface area (Å²) in [6.07, 6.45) is 3.69. The molecule has 1 saturated heterocycles. The predicted octanol–water partition coefficient (Wildman–Crippen LogP) is 5.14. The number of nitrogens with one attached hydrogen (secondary N) is 2. The summed E-state index contributed by atoms with van der Waals surface area (Å²) in [7, 11) is 0. The molecule has 3 N–H and O–H groups in total. The summed E-state index contributed by atoms with van der Waals surface area (Å²) < 4.78 is 0. The molecule has 2 heterocycles. The molecule has 4 atom stereocenters. The van der Waals surface area contributed by atoms with Gasteiger partial charge in [0.25, 0.3) is 0 Å². The van der Waals surface area contributed by atoms with Crippen LogP contribution in [0.15, 0.2) is 42.5 Å². The van der Waals surface area contributed by atoms with E-state index in [1.54, 1.807) is 6.07 Å². The van der Waals surface area contributed by atoms with E-state index in [9.17, 15) is 5.11 Å². The third-order valence-electron chi connectivity index (χ3n) is 5.67. The van der Waals surface area contributed by atoms with Gasteiger partial charge in [0.15, 0.2) is 0 Å². The van der Waals surface area contributed by atoms with Crippen LogP contribution < -0.4 is 10.6 Å². The van der Waals surface area contributed by atoms with Crippen LogP contribution in [0, 0.1) is 0 Å². The fraction of sp³-hybridized carbons (Fsp3) is 0.429. The maximum Gasteiger partial charge on any atom is 0.0763 e. The van der Waals surface area contributed by atoms with Gasteiger partial charge in [-0.2, -0.15) is 0 Å². The molecular formula is C21H24Cl2N2O. The molecule has 0 aliphatic carbocycles. The van der Waals surface area contributed by atoms with E-state index in [1.807, 2.05) is 24.3 Å². The highest BCUT2D eigenvalue weighted by Crippen LogP contribution is 2.46. The van der Waals surface area contributed by atoms with Crippen molar-refractivity contribution in [3.63, 3.8) is 0 Å². The molecule has 3 nitrogen and oxygen atoms in total. The number of piperidine rings is 1. The Morgan fingerprint density at radius 2 is 1.88 bits per heavy atom. The van der Waals surface area contributed by atoms with Gasteiger partial charge in [-0.1, -0.05) is 60.0 Å². The molecule has 2 aromatic carbocycles. The molecule has 138 valence electrons. The lowest BCUT2D eigenvalue weighted by Crippen LogP contribution is -2.47. The summed E-state index contributed by atoms with van der Waals surface area (Å²) in [5.41, 5.74) is 3.13. The summed E-state index contributed by atoms with van der Waals surface area (Å²) >= 11 is 12.8. The van der Waals surface area contributed by atoms with Gasteiger partial charge >= 0.3 is 0 Å². The number of benzene rings is 2. The molecule has 4 unspecified atom stereocenters. The first-order valence-corrected chi connectivity index (χ1v) is 10.1. The van der Waals surface area contributed by atoms with Crippen molar-refractivity contribution < 1.29 is 5.11 Å². The van der Waals surface area contributed by atoms with Crippen molar-refractivity contribution >= 4 is 28.9 Å². The average Bonchev–Trinajstić information content (AvgIpc) is 2.68. The van der Waals surface area contributed by atoms with Crippen LogP contribution in [0.4, 0.5) is 5.69 Å². The number of aliphatic hydroxyl groups excluding tert-OH is 1. The monoisotopic (exact) mass is 390 g/mol. The molecule has 0 saturated carbocycles. The van der Waals surface area contributed by atoms with Crippen LogP contribution in [-0.2, 0) is 0 Å². The molecule has 2 aliphatic heterocycles. The Balaban J connectivity index is 1.71. The van der Waals surface area contributed by atoms with Crippen molar-refractivity contribution in [3.8, 4) is 0 Å². The van der Waals surface area contributed by atoms with Crippen LogP contribution in [0.5, 0.6) is 0 Å². The summed E-state index contributed by atoms with van der Waals surface area (Å²) in [4.78, 5) is 0. The predicted molar refractivity (Wildman–Crippen MR) is 108 cm³/mol. The Morgan fingerprint density at radius 3 is 2.62 bits per heavy atom. The van der Waals surface area contributed by atoms with E-state index in [0.717, 1.165) is 37.1 Å². The number of anilines is 1. The highest BCUT2D eigenvalue weighted by Gasteiger charge is 2.37. The van der Waals surface area contributed by atoms with Gasteiger partial charge < -0.3 is 15.7 Å². The Bertz CT molecular complexity index is 762. The van der Waals surface area contributed by atoms with Gasteiger partial charge in [0.05, 0.1) is 22.9 Å². The fourth-order valence-corrected chi connectivity index (χ4v) is 4.89. The second kappa shape index (κ2) is 7.77. The van der Waals surface area contributed by atoms with Crippen LogP contribution in [0.3, 0.4) is 0 Å². The maximum atomic E-state index is 11.2. The normalized spacial score (nSPS) is 26.7. The Kier molecular flexibility index (Phi) is 5.42. The highest BCUT2D eigenvalue weighted by atomic mass is 35.5. The fourth-order valence-electron chi connectivity index (χ4n) is 4.33. The quantitative estimate of drug-likeness (QED) is 0.679. The number of halogens is 2. The Labute approximate surface area is 164 Å². The van der Waals surface area contributed by atoms with Crippen LogP contribution >= 0.6 is 23.2 Å². The van der Waals surface area contributed by atoms with Gasteiger partial charge in [-0.15, -0.1) is 0 Å². The standard InChI is InChI=1S/C21H24Cl2N2O/c22-14-10-15-16(21(26)18-8-4-5-9-24-18)12-19(13-6-2-1-3-7-13)25-20(15)17(23)11-14/h1-3,6-7,10-11,16,18-19,21,24-26H,4-5,8-9,12H2. The minimum atomic E-state index is -0.461. The molecular weight excluding hydrogens is 367 g/mol. The zero-order valence-corrected chi connectivity index (χ0v) is 16.1. The number of rotatable bonds is 3. The van der Waals surface area contributed by atoms with E-state index in [1.165, 1.54) is 12.0 Å². The maximum absolute atomic E-state index is 11.2. The lowest BCUT2D eigenvalue weighted by molar-refractivity contribution is 0.0806. The first-order chi connectivity index (χ1) is 12.6. The number of hydrogen-bond acceptors (Lipinski definition) is 3. The topological polar surface area (TPSA) is 44.3 Å². The van der Waals surface area contributed by atoms with Crippen LogP contribution in [0.1, 0.15) is 48.8 Å². The van der Waals surface area contributed by atoms with E-state index < -0.39 is 6.10 Å². The first kappa shape index (κ1) is 18.1. The first-order valence-electron chi connectivity index (χ1n) is 9.35. The Hall–Kier alpha value is -1.26. The molecule has 5 heteroatoms. The second-order valence-corrected chi connectivity index (χ2v) is 8.19. The van der Waals surface area contributed by atoms with Crippen LogP contribution in [0.25, 0.3) is 0 Å². The van der Waals surface area contributed by atoms with Gasteiger partial charge in [-0.05, 0) is 49.1 Å². The molecule has 2 aromatic rings. The summed E-state index contributed by atoms with van der Waals surface area (Å²) in [6, 6.07) is 14.3. The molecule has 0 bridgehead atoms. The van der Waals surface area contributed by atoms with Crippen molar-refractivity contribution in [1.29, 1.82) is 0 Å². The lowest BCUT2D eigenvalue weighted by atomic mass is 9.78. The van der Waals surface area contributed by atoms with E-state index >= 15 is 0 Å². The van der Waals surface area contributed by atoms with E-state index in [4.69, 9.17) is 23.2 Å². The van der Waals surface area contributed by atoms with Crippen LogP contribution in [0.2, 0.25) is 10.0 Å². The van der Waals surface area contributed by atoms with Crippen molar-refractivity contribution in [2.75, 3.05) is 11.9 Å². The van der Waals surface area contributed by atoms with E-state index in [-0.39, 0.29) is 18.0 Å². The number of fused-ring (bicyclic) bond motifs is 1. The molecule has 1 fully saturated rings. The summed E-state index contributed by atoms with van der Waals surface area (Å²) in [5, 5.41) is 19.5. The second-order valence-electron chi connectivity index (χ2n) is 7.35. The molecule has 0 radical (unpaired) electrons. The average molecular weight is 391 g/mol. The van der Waals surface area contributed by atoms with E-state index in [2.05, 4.69) is 22.8 Å². The van der Waals surface area contributed by atoms with Gasteiger partial charge in [-0.3, -0.25) is 0 Å². The Morgan fingerprint density at radius 1 is 1.08 bits per heavy atom. The summed E-state index contributed by atoms with van der Waals surface area (Å²) in [5.74, 6) is -0.0109. The largest absolute Gasteiger partial charge is 0.391 e. The van der Waals surface area contributed by atoms with Crippen molar-refractivity contribution in [3.05, 3.63) is 63.6 Å². The lowest BCUT2D eigenvalue weighted by Gasteiger charge is -2.40. The SMILES string of the molecule is OC(C1CCCCN1)C1CC(c2ccccc2)Nc2c(Cl)cc(Cl)cc21. The zero-order chi connectivity index (χ0) is 18.1. The zero-order valence-electron chi connectivity index (χ0n) is 14.6. The van der Waals surface area contributed by atoms with Gasteiger partial charge in [-0.25, -0.2) is 0 Å². The molecule has 2 aliphatic rings. The molecule has 26 heavy (non-hydrogen) atoms. The molecule has 0 amide bonds.